The Morgan fingerprint density at radius 2 is 2.21 bits per heavy atom. The number of hydrogen-bond acceptors (Lipinski definition) is 4. The van der Waals surface area contributed by atoms with Crippen LogP contribution in [0, 0.1) is 11.8 Å². The van der Waals surface area contributed by atoms with Gasteiger partial charge in [-0.3, -0.25) is 0 Å². The number of nitrogens with zero attached hydrogens (tertiary/aromatic N) is 1. The van der Waals surface area contributed by atoms with Crippen molar-refractivity contribution in [3.8, 4) is 0 Å². The quantitative estimate of drug-likeness (QED) is 0.831. The van der Waals surface area contributed by atoms with Crippen LogP contribution in [0.25, 0.3) is 0 Å². The number of aromatic carboxylic acids is 1. The lowest BCUT2D eigenvalue weighted by atomic mass is 10.1. The van der Waals surface area contributed by atoms with E-state index in [0.29, 0.717) is 35.4 Å². The minimum Gasteiger partial charge on any atom is -0.477 e. The Morgan fingerprint density at radius 1 is 1.53 bits per heavy atom. The minimum atomic E-state index is -0.870. The monoisotopic (exact) mass is 283 g/mol. The lowest BCUT2D eigenvalue weighted by molar-refractivity contribution is 0.0461. The van der Waals surface area contributed by atoms with E-state index < -0.39 is 5.97 Å². The maximum atomic E-state index is 11.3. The predicted molar refractivity (Wildman–Crippen MR) is 74.7 cm³/mol. The highest BCUT2D eigenvalue weighted by molar-refractivity contribution is 7.13. The van der Waals surface area contributed by atoms with Crippen LogP contribution in [0.3, 0.4) is 0 Å². The van der Waals surface area contributed by atoms with Crippen molar-refractivity contribution < 1.29 is 14.6 Å². The smallest absolute Gasteiger partial charge is 0.347 e. The van der Waals surface area contributed by atoms with Gasteiger partial charge in [-0.05, 0) is 38.0 Å². The number of hydrogen-bond donors (Lipinski definition) is 1. The number of carbonyl (C=O) groups is 1. The summed E-state index contributed by atoms with van der Waals surface area (Å²) in [6.45, 7) is 6.76. The van der Waals surface area contributed by atoms with E-state index in [1.807, 2.05) is 6.92 Å². The molecule has 2 rings (SSSR count). The molecule has 4 nitrogen and oxygen atoms in total. The molecule has 1 saturated carbocycles. The first-order chi connectivity index (χ1) is 9.02. The van der Waals surface area contributed by atoms with E-state index in [9.17, 15) is 9.90 Å². The first kappa shape index (κ1) is 14.5. The second-order valence-electron chi connectivity index (χ2n) is 5.44. The molecule has 0 bridgehead atoms. The number of carboxylic acid groups (broad SMARTS) is 1. The zero-order valence-electron chi connectivity index (χ0n) is 11.7. The molecule has 1 heterocycles. The number of carboxylic acids is 1. The molecular formula is C14H21NO3S. The van der Waals surface area contributed by atoms with Gasteiger partial charge in [0.2, 0.25) is 0 Å². The van der Waals surface area contributed by atoms with E-state index in [2.05, 4.69) is 18.8 Å². The Labute approximate surface area is 117 Å². The SMILES string of the molecule is CCOC(c1nc(CC(C)C)c(C(=O)O)s1)C1CC1. The molecule has 5 heteroatoms. The van der Waals surface area contributed by atoms with Gasteiger partial charge in [0.05, 0.1) is 5.69 Å². The fourth-order valence-electron chi connectivity index (χ4n) is 2.17. The van der Waals surface area contributed by atoms with Crippen LogP contribution in [-0.4, -0.2) is 22.7 Å². The van der Waals surface area contributed by atoms with Gasteiger partial charge < -0.3 is 9.84 Å². The fourth-order valence-corrected chi connectivity index (χ4v) is 3.25. The summed E-state index contributed by atoms with van der Waals surface area (Å²) in [6, 6.07) is 0. The highest BCUT2D eigenvalue weighted by atomic mass is 32.1. The predicted octanol–water partition coefficient (Wildman–Crippen LogP) is 3.53. The average Bonchev–Trinajstić information content (AvgIpc) is 3.07. The Balaban J connectivity index is 2.27. The molecule has 1 fully saturated rings. The van der Waals surface area contributed by atoms with Crippen molar-refractivity contribution in [3.05, 3.63) is 15.6 Å². The molecule has 19 heavy (non-hydrogen) atoms. The zero-order chi connectivity index (χ0) is 14.0. The zero-order valence-corrected chi connectivity index (χ0v) is 12.5. The van der Waals surface area contributed by atoms with E-state index in [-0.39, 0.29) is 6.10 Å². The Hall–Kier alpha value is -0.940. The third-order valence-corrected chi connectivity index (χ3v) is 4.30. The van der Waals surface area contributed by atoms with Crippen molar-refractivity contribution in [2.75, 3.05) is 6.61 Å². The van der Waals surface area contributed by atoms with Crippen molar-refractivity contribution >= 4 is 17.3 Å². The second kappa shape index (κ2) is 6.01. The maximum Gasteiger partial charge on any atom is 0.347 e. The average molecular weight is 283 g/mol. The van der Waals surface area contributed by atoms with Crippen molar-refractivity contribution in [2.45, 2.75) is 46.1 Å². The van der Waals surface area contributed by atoms with E-state index in [1.165, 1.54) is 11.3 Å². The maximum absolute atomic E-state index is 11.3. The number of thiazole rings is 1. The molecule has 0 aromatic carbocycles. The molecule has 1 aromatic heterocycles. The van der Waals surface area contributed by atoms with Crippen molar-refractivity contribution in [1.82, 2.24) is 4.98 Å². The summed E-state index contributed by atoms with van der Waals surface area (Å²) in [5.74, 6) is 0.0598. The van der Waals surface area contributed by atoms with E-state index in [4.69, 9.17) is 4.74 Å². The molecule has 1 unspecified atom stereocenters. The molecular weight excluding hydrogens is 262 g/mol. The van der Waals surface area contributed by atoms with E-state index in [1.54, 1.807) is 0 Å². The Morgan fingerprint density at radius 3 is 2.68 bits per heavy atom. The van der Waals surface area contributed by atoms with Gasteiger partial charge >= 0.3 is 5.97 Å². The number of ether oxygens (including phenoxy) is 1. The lowest BCUT2D eigenvalue weighted by Gasteiger charge is -2.12. The van der Waals surface area contributed by atoms with Gasteiger partial charge in [-0.15, -0.1) is 11.3 Å². The summed E-state index contributed by atoms with van der Waals surface area (Å²) in [6.07, 6.45) is 3.02. The van der Waals surface area contributed by atoms with Crippen molar-refractivity contribution in [1.29, 1.82) is 0 Å². The largest absolute Gasteiger partial charge is 0.477 e. The highest BCUT2D eigenvalue weighted by Gasteiger charge is 2.36. The summed E-state index contributed by atoms with van der Waals surface area (Å²) < 4.78 is 5.76. The van der Waals surface area contributed by atoms with Gasteiger partial charge in [-0.1, -0.05) is 13.8 Å². The highest BCUT2D eigenvalue weighted by Crippen LogP contribution is 2.44. The summed E-state index contributed by atoms with van der Waals surface area (Å²) in [7, 11) is 0. The summed E-state index contributed by atoms with van der Waals surface area (Å²) in [5, 5.41) is 10.1. The molecule has 0 saturated heterocycles. The lowest BCUT2D eigenvalue weighted by Crippen LogP contribution is -2.07. The number of aromatic nitrogens is 1. The molecule has 0 spiro atoms. The standard InChI is InChI=1S/C14H21NO3S/c1-4-18-11(9-5-6-9)13-15-10(7-8(2)3)12(19-13)14(16)17/h8-9,11H,4-7H2,1-3H3,(H,16,17). The van der Waals surface area contributed by atoms with Gasteiger partial charge in [-0.25, -0.2) is 9.78 Å². The van der Waals surface area contributed by atoms with Crippen molar-refractivity contribution in [3.63, 3.8) is 0 Å². The molecule has 1 aliphatic carbocycles. The Kier molecular flexibility index (Phi) is 4.58. The Bertz CT molecular complexity index is 452. The van der Waals surface area contributed by atoms with Crippen LogP contribution in [0.15, 0.2) is 0 Å². The van der Waals surface area contributed by atoms with Crippen molar-refractivity contribution in [2.24, 2.45) is 11.8 Å². The van der Waals surface area contributed by atoms with E-state index in [0.717, 1.165) is 17.8 Å². The summed E-state index contributed by atoms with van der Waals surface area (Å²) in [5.41, 5.74) is 0.716. The first-order valence-electron chi connectivity index (χ1n) is 6.87. The van der Waals surface area contributed by atoms with Crippen LogP contribution in [0.4, 0.5) is 0 Å². The summed E-state index contributed by atoms with van der Waals surface area (Å²) >= 11 is 1.29. The van der Waals surface area contributed by atoms with Gasteiger partial charge in [0.15, 0.2) is 0 Å². The molecule has 106 valence electrons. The van der Waals surface area contributed by atoms with Crippen LogP contribution < -0.4 is 0 Å². The van der Waals surface area contributed by atoms with Gasteiger partial charge in [-0.2, -0.15) is 0 Å². The second-order valence-corrected chi connectivity index (χ2v) is 6.48. The third-order valence-electron chi connectivity index (χ3n) is 3.15. The molecule has 0 aliphatic heterocycles. The van der Waals surface area contributed by atoms with Crippen LogP contribution in [0.2, 0.25) is 0 Å². The normalized spacial score (nSPS) is 16.8. The molecule has 0 amide bonds. The third kappa shape index (κ3) is 3.54. The summed E-state index contributed by atoms with van der Waals surface area (Å²) in [4.78, 5) is 16.3. The number of rotatable bonds is 7. The van der Waals surface area contributed by atoms with Crippen LogP contribution >= 0.6 is 11.3 Å². The van der Waals surface area contributed by atoms with Gasteiger partial charge in [0.25, 0.3) is 0 Å². The molecule has 1 aliphatic rings. The topological polar surface area (TPSA) is 59.4 Å². The van der Waals surface area contributed by atoms with Crippen LogP contribution in [0.1, 0.15) is 60.1 Å². The fraction of sp³-hybridized carbons (Fsp3) is 0.714. The minimum absolute atomic E-state index is 0.00554. The molecule has 1 atom stereocenters. The first-order valence-corrected chi connectivity index (χ1v) is 7.69. The van der Waals surface area contributed by atoms with E-state index >= 15 is 0 Å². The van der Waals surface area contributed by atoms with Crippen LogP contribution in [0.5, 0.6) is 0 Å². The van der Waals surface area contributed by atoms with Gasteiger partial charge in [0.1, 0.15) is 16.0 Å². The van der Waals surface area contributed by atoms with Crippen LogP contribution in [-0.2, 0) is 11.2 Å². The molecule has 0 radical (unpaired) electrons. The molecule has 1 aromatic rings. The molecule has 1 N–H and O–H groups in total. The van der Waals surface area contributed by atoms with Gasteiger partial charge in [0, 0.05) is 6.61 Å².